The molecule has 0 radical (unpaired) electrons. The molecule has 1 amide bonds. The van der Waals surface area contributed by atoms with E-state index in [9.17, 15) is 14.7 Å². The maximum atomic E-state index is 13.4. The van der Waals surface area contributed by atoms with Gasteiger partial charge in [0.25, 0.3) is 11.7 Å². The van der Waals surface area contributed by atoms with Crippen LogP contribution in [0.25, 0.3) is 5.76 Å². The summed E-state index contributed by atoms with van der Waals surface area (Å²) in [5.41, 5.74) is 2.59. The van der Waals surface area contributed by atoms with Gasteiger partial charge in [0.2, 0.25) is 0 Å². The summed E-state index contributed by atoms with van der Waals surface area (Å²) in [5.74, 6) is -0.477. The van der Waals surface area contributed by atoms with Crippen molar-refractivity contribution >= 4 is 28.8 Å². The number of hydrogen-bond donors (Lipinski definition) is 1. The fourth-order valence-corrected chi connectivity index (χ4v) is 4.26. The first-order chi connectivity index (χ1) is 17.2. The molecule has 4 rings (SSSR count). The van der Waals surface area contributed by atoms with Crippen LogP contribution in [0.4, 0.5) is 11.4 Å². The first kappa shape index (κ1) is 24.9. The number of benzene rings is 3. The predicted molar refractivity (Wildman–Crippen MR) is 141 cm³/mol. The van der Waals surface area contributed by atoms with Crippen LogP contribution in [0.2, 0.25) is 0 Å². The highest BCUT2D eigenvalue weighted by Gasteiger charge is 2.47. The monoisotopic (exact) mass is 486 g/mol. The second-order valence-electron chi connectivity index (χ2n) is 9.05. The highest BCUT2D eigenvalue weighted by Crippen LogP contribution is 2.43. The third kappa shape index (κ3) is 4.77. The summed E-state index contributed by atoms with van der Waals surface area (Å²) in [6.45, 7) is 3.85. The second-order valence-corrected chi connectivity index (χ2v) is 9.05. The first-order valence-electron chi connectivity index (χ1n) is 11.7. The third-order valence-electron chi connectivity index (χ3n) is 6.00. The van der Waals surface area contributed by atoms with Gasteiger partial charge in [-0.1, -0.05) is 12.1 Å². The van der Waals surface area contributed by atoms with Gasteiger partial charge in [-0.15, -0.1) is 0 Å². The van der Waals surface area contributed by atoms with Crippen LogP contribution >= 0.6 is 0 Å². The van der Waals surface area contributed by atoms with E-state index < -0.39 is 17.7 Å². The second kappa shape index (κ2) is 10.2. The molecule has 1 atom stereocenters. The van der Waals surface area contributed by atoms with Crippen LogP contribution in [-0.2, 0) is 9.59 Å². The molecule has 1 saturated heterocycles. The van der Waals surface area contributed by atoms with Crippen molar-refractivity contribution in [3.8, 4) is 11.5 Å². The minimum Gasteiger partial charge on any atom is -0.507 e. The molecule has 0 bridgehead atoms. The van der Waals surface area contributed by atoms with Gasteiger partial charge in [-0.25, -0.2) is 0 Å². The number of hydrogen-bond acceptors (Lipinski definition) is 6. The zero-order chi connectivity index (χ0) is 26.0. The van der Waals surface area contributed by atoms with Crippen LogP contribution in [0.5, 0.6) is 11.5 Å². The molecule has 1 fully saturated rings. The van der Waals surface area contributed by atoms with Gasteiger partial charge in [-0.2, -0.15) is 0 Å². The van der Waals surface area contributed by atoms with Crippen LogP contribution in [0.1, 0.15) is 31.0 Å². The van der Waals surface area contributed by atoms with E-state index in [1.165, 1.54) is 4.90 Å². The number of rotatable bonds is 7. The molecule has 3 aromatic rings. The van der Waals surface area contributed by atoms with Gasteiger partial charge in [-0.05, 0) is 80.1 Å². The predicted octanol–water partition coefficient (Wildman–Crippen LogP) is 5.17. The number of anilines is 2. The van der Waals surface area contributed by atoms with Crippen LogP contribution in [0, 0.1) is 0 Å². The number of ketones is 1. The number of carbonyl (C=O) groups excluding carboxylic acids is 2. The van der Waals surface area contributed by atoms with Crippen LogP contribution in [0.15, 0.2) is 78.4 Å². The number of nitrogens with zero attached hydrogens (tertiary/aromatic N) is 2. The number of Topliss-reactive ketones (excluding diaryl/α,β-unsaturated/α-hetero) is 1. The summed E-state index contributed by atoms with van der Waals surface area (Å²) in [7, 11) is 5.40. The molecule has 7 heteroatoms. The Bertz CT molecular complexity index is 1290. The first-order valence-corrected chi connectivity index (χ1v) is 11.7. The number of methoxy groups -OCH3 is 1. The average Bonchev–Trinajstić information content (AvgIpc) is 3.13. The largest absolute Gasteiger partial charge is 0.507 e. The van der Waals surface area contributed by atoms with Gasteiger partial charge >= 0.3 is 0 Å². The Kier molecular flexibility index (Phi) is 7.01. The molecule has 1 unspecified atom stereocenters. The Labute approximate surface area is 211 Å². The summed E-state index contributed by atoms with van der Waals surface area (Å²) in [6.07, 6.45) is -0.0514. The van der Waals surface area contributed by atoms with Gasteiger partial charge in [-0.3, -0.25) is 14.5 Å². The lowest BCUT2D eigenvalue weighted by molar-refractivity contribution is -0.132. The Balaban J connectivity index is 1.89. The van der Waals surface area contributed by atoms with Gasteiger partial charge in [0.1, 0.15) is 17.3 Å². The lowest BCUT2D eigenvalue weighted by Crippen LogP contribution is -2.29. The van der Waals surface area contributed by atoms with Crippen molar-refractivity contribution in [2.24, 2.45) is 0 Å². The average molecular weight is 487 g/mol. The topological polar surface area (TPSA) is 79.3 Å². The molecule has 0 aliphatic carbocycles. The number of amides is 1. The molecular formula is C29H30N2O5. The fraction of sp³-hybridized carbons (Fsp3) is 0.241. The van der Waals surface area contributed by atoms with E-state index in [0.717, 1.165) is 5.69 Å². The summed E-state index contributed by atoms with van der Waals surface area (Å²) in [5, 5.41) is 11.3. The lowest BCUT2D eigenvalue weighted by atomic mass is 9.95. The number of aliphatic hydroxyl groups excluding tert-OH is 1. The summed E-state index contributed by atoms with van der Waals surface area (Å²) >= 11 is 0. The van der Waals surface area contributed by atoms with Crippen molar-refractivity contribution in [1.82, 2.24) is 0 Å². The van der Waals surface area contributed by atoms with Gasteiger partial charge in [0, 0.05) is 31.0 Å². The van der Waals surface area contributed by atoms with Crippen molar-refractivity contribution in [3.63, 3.8) is 0 Å². The Morgan fingerprint density at radius 3 is 2.19 bits per heavy atom. The molecule has 1 N–H and O–H groups in total. The quantitative estimate of drug-likeness (QED) is 0.282. The number of ether oxygens (including phenoxy) is 2. The Morgan fingerprint density at radius 2 is 1.61 bits per heavy atom. The van der Waals surface area contributed by atoms with E-state index >= 15 is 0 Å². The van der Waals surface area contributed by atoms with E-state index in [0.29, 0.717) is 28.3 Å². The van der Waals surface area contributed by atoms with Gasteiger partial charge < -0.3 is 19.5 Å². The minimum atomic E-state index is -0.840. The molecule has 1 aliphatic rings. The van der Waals surface area contributed by atoms with Gasteiger partial charge in [0.05, 0.1) is 24.8 Å². The normalized spacial score (nSPS) is 16.9. The van der Waals surface area contributed by atoms with Crippen molar-refractivity contribution < 1.29 is 24.2 Å². The van der Waals surface area contributed by atoms with E-state index in [4.69, 9.17) is 9.47 Å². The Morgan fingerprint density at radius 1 is 0.944 bits per heavy atom. The Hall–Kier alpha value is -4.26. The lowest BCUT2D eigenvalue weighted by Gasteiger charge is -2.26. The molecule has 0 aromatic heterocycles. The summed E-state index contributed by atoms with van der Waals surface area (Å²) in [6, 6.07) is 20.5. The number of carbonyl (C=O) groups is 2. The van der Waals surface area contributed by atoms with E-state index in [-0.39, 0.29) is 17.4 Å². The molecule has 1 heterocycles. The van der Waals surface area contributed by atoms with Crippen LogP contribution in [0.3, 0.4) is 0 Å². The van der Waals surface area contributed by atoms with Crippen molar-refractivity contribution in [2.75, 3.05) is 31.0 Å². The zero-order valence-electron chi connectivity index (χ0n) is 21.1. The summed E-state index contributed by atoms with van der Waals surface area (Å²) < 4.78 is 11.1. The van der Waals surface area contributed by atoms with E-state index in [1.54, 1.807) is 49.6 Å². The van der Waals surface area contributed by atoms with Crippen LogP contribution in [-0.4, -0.2) is 44.1 Å². The smallest absolute Gasteiger partial charge is 0.300 e. The molecule has 0 spiro atoms. The van der Waals surface area contributed by atoms with Crippen LogP contribution < -0.4 is 19.3 Å². The molecule has 1 aliphatic heterocycles. The maximum Gasteiger partial charge on any atom is 0.300 e. The summed E-state index contributed by atoms with van der Waals surface area (Å²) in [4.78, 5) is 30.1. The minimum absolute atomic E-state index is 0.0172. The molecule has 186 valence electrons. The fourth-order valence-electron chi connectivity index (χ4n) is 4.26. The maximum absolute atomic E-state index is 13.4. The molecule has 3 aromatic carbocycles. The molecule has 0 saturated carbocycles. The highest BCUT2D eigenvalue weighted by atomic mass is 16.5. The van der Waals surface area contributed by atoms with Gasteiger partial charge in [0.15, 0.2) is 0 Å². The van der Waals surface area contributed by atoms with Crippen molar-refractivity contribution in [1.29, 1.82) is 0 Å². The van der Waals surface area contributed by atoms with E-state index in [2.05, 4.69) is 0 Å². The zero-order valence-corrected chi connectivity index (χ0v) is 21.1. The van der Waals surface area contributed by atoms with Crippen molar-refractivity contribution in [2.45, 2.75) is 26.0 Å². The highest BCUT2D eigenvalue weighted by molar-refractivity contribution is 6.51. The molecular weight excluding hydrogens is 456 g/mol. The standard InChI is InChI=1S/C29H30N2O5/c1-18(2)36-24-8-6-7-20(17-24)26-25(27(32)19-9-15-23(35-5)16-10-19)28(33)29(34)31(26)22-13-11-21(12-14-22)30(3)4/h6-18,26,32H,1-5H3/b27-25-. The SMILES string of the molecule is COc1ccc(/C(O)=C2/C(=O)C(=O)N(c3ccc(N(C)C)cc3)C2c2cccc(OC(C)C)c2)cc1. The number of aliphatic hydroxyl groups is 1. The molecule has 36 heavy (non-hydrogen) atoms. The third-order valence-corrected chi connectivity index (χ3v) is 6.00. The van der Waals surface area contributed by atoms with Crippen molar-refractivity contribution in [3.05, 3.63) is 89.5 Å². The van der Waals surface area contributed by atoms with E-state index in [1.807, 2.05) is 63.2 Å². The molecule has 7 nitrogen and oxygen atoms in total.